The van der Waals surface area contributed by atoms with Gasteiger partial charge in [-0.3, -0.25) is 0 Å². The summed E-state index contributed by atoms with van der Waals surface area (Å²) in [5, 5.41) is 12.9. The van der Waals surface area contributed by atoms with Crippen LogP contribution in [0.3, 0.4) is 0 Å². The maximum absolute atomic E-state index is 10.6. The molecule has 1 fully saturated rings. The van der Waals surface area contributed by atoms with Gasteiger partial charge in [-0.2, -0.15) is 0 Å². The lowest BCUT2D eigenvalue weighted by Crippen LogP contribution is -2.67. The molecule has 166 valence electrons. The van der Waals surface area contributed by atoms with Crippen LogP contribution in [0.1, 0.15) is 34.1 Å². The molecule has 4 nitrogen and oxygen atoms in total. The maximum Gasteiger partial charge on any atom is 0.261 e. The molecule has 5 heteroatoms. The van der Waals surface area contributed by atoms with Crippen LogP contribution >= 0.6 is 0 Å². The monoisotopic (exact) mass is 438 g/mol. The van der Waals surface area contributed by atoms with Gasteiger partial charge in [-0.25, -0.2) is 0 Å². The molecule has 1 N–H and O–H groups in total. The second kappa shape index (κ2) is 9.28. The highest BCUT2D eigenvalue weighted by Gasteiger charge is 2.52. The molecular formula is C26H34O4Si. The molecule has 0 radical (unpaired) electrons. The highest BCUT2D eigenvalue weighted by Crippen LogP contribution is 2.38. The number of aliphatic hydroxyl groups is 1. The van der Waals surface area contributed by atoms with Gasteiger partial charge in [-0.05, 0) is 33.7 Å². The quantitative estimate of drug-likeness (QED) is 0.555. The zero-order valence-corrected chi connectivity index (χ0v) is 20.2. The Labute approximate surface area is 187 Å². The first kappa shape index (κ1) is 23.7. The Balaban J connectivity index is 2.00. The van der Waals surface area contributed by atoms with Gasteiger partial charge in [0.05, 0.1) is 12.7 Å². The van der Waals surface area contributed by atoms with E-state index in [9.17, 15) is 5.11 Å². The summed E-state index contributed by atoms with van der Waals surface area (Å²) in [5.74, 6) is 1.01. The second-order valence-corrected chi connectivity index (χ2v) is 13.7. The Morgan fingerprint density at radius 3 is 2.03 bits per heavy atom. The highest BCUT2D eigenvalue weighted by molar-refractivity contribution is 6.99. The van der Waals surface area contributed by atoms with Crippen LogP contribution in [0.5, 0.6) is 0 Å². The predicted octanol–water partition coefficient (Wildman–Crippen LogP) is 3.32. The molecule has 1 heterocycles. The van der Waals surface area contributed by atoms with Gasteiger partial charge in [0.1, 0.15) is 6.10 Å². The minimum Gasteiger partial charge on any atom is -0.405 e. The fourth-order valence-electron chi connectivity index (χ4n) is 4.71. The summed E-state index contributed by atoms with van der Waals surface area (Å²) in [7, 11) is -1.20. The van der Waals surface area contributed by atoms with E-state index in [1.54, 1.807) is 0 Å². The number of hydrogen-bond donors (Lipinski definition) is 1. The van der Waals surface area contributed by atoms with Crippen molar-refractivity contribution in [2.75, 3.05) is 13.7 Å². The third kappa shape index (κ3) is 4.37. The summed E-state index contributed by atoms with van der Waals surface area (Å²) in [4.78, 5) is 0. The first-order valence-corrected chi connectivity index (χ1v) is 12.7. The van der Waals surface area contributed by atoms with Crippen molar-refractivity contribution in [3.05, 3.63) is 60.7 Å². The topological polar surface area (TPSA) is 47.9 Å². The minimum absolute atomic E-state index is 0.0718. The number of hydrogen-bond acceptors (Lipinski definition) is 4. The molecule has 0 amide bonds. The molecule has 1 saturated heterocycles. The lowest BCUT2D eigenvalue weighted by atomic mass is 9.88. The predicted molar refractivity (Wildman–Crippen MR) is 127 cm³/mol. The molecule has 4 atom stereocenters. The van der Waals surface area contributed by atoms with Crippen LogP contribution in [-0.4, -0.2) is 45.1 Å². The minimum atomic E-state index is -2.67. The molecule has 0 saturated carbocycles. The molecule has 2 aromatic carbocycles. The van der Waals surface area contributed by atoms with Gasteiger partial charge in [-0.15, -0.1) is 6.42 Å². The van der Waals surface area contributed by atoms with Crippen LogP contribution in [0.25, 0.3) is 0 Å². The van der Waals surface area contributed by atoms with E-state index in [0.29, 0.717) is 13.0 Å². The molecular weight excluding hydrogens is 404 g/mol. The van der Waals surface area contributed by atoms with Crippen LogP contribution in [0.4, 0.5) is 0 Å². The lowest BCUT2D eigenvalue weighted by molar-refractivity contribution is -0.293. The smallest absolute Gasteiger partial charge is 0.261 e. The van der Waals surface area contributed by atoms with E-state index in [4.69, 9.17) is 20.3 Å². The maximum atomic E-state index is 10.6. The fourth-order valence-corrected chi connectivity index (χ4v) is 9.30. The Morgan fingerprint density at radius 2 is 1.61 bits per heavy atom. The van der Waals surface area contributed by atoms with Crippen molar-refractivity contribution in [1.29, 1.82) is 0 Å². The summed E-state index contributed by atoms with van der Waals surface area (Å²) < 4.78 is 18.6. The lowest BCUT2D eigenvalue weighted by Gasteiger charge is -2.46. The molecule has 3 rings (SSSR count). The largest absolute Gasteiger partial charge is 0.405 e. The van der Waals surface area contributed by atoms with Crippen molar-refractivity contribution in [2.45, 2.75) is 57.1 Å². The van der Waals surface area contributed by atoms with E-state index < -0.39 is 20.2 Å². The van der Waals surface area contributed by atoms with Crippen molar-refractivity contribution in [3.8, 4) is 12.3 Å². The second-order valence-electron chi connectivity index (χ2n) is 9.39. The number of ether oxygens (including phenoxy) is 2. The van der Waals surface area contributed by atoms with E-state index in [0.717, 1.165) is 0 Å². The van der Waals surface area contributed by atoms with Gasteiger partial charge in [-0.1, -0.05) is 88.4 Å². The first-order chi connectivity index (χ1) is 14.7. The molecule has 2 aromatic rings. The Hall–Kier alpha value is -1.94. The molecule has 1 aliphatic heterocycles. The Morgan fingerprint density at radius 1 is 1.10 bits per heavy atom. The summed E-state index contributed by atoms with van der Waals surface area (Å²) in [6.45, 7) is 9.07. The van der Waals surface area contributed by atoms with E-state index in [1.165, 1.54) is 17.5 Å². The van der Waals surface area contributed by atoms with Gasteiger partial charge < -0.3 is 19.0 Å². The van der Waals surface area contributed by atoms with Crippen molar-refractivity contribution >= 4 is 18.7 Å². The number of methoxy groups -OCH3 is 1. The van der Waals surface area contributed by atoms with Gasteiger partial charge in [0, 0.05) is 7.11 Å². The number of rotatable bonds is 6. The number of terminal acetylenes is 1. The molecule has 0 aromatic heterocycles. The van der Waals surface area contributed by atoms with Crippen LogP contribution in [0.15, 0.2) is 60.7 Å². The molecule has 0 unspecified atom stereocenters. The zero-order valence-electron chi connectivity index (χ0n) is 19.2. The van der Waals surface area contributed by atoms with E-state index >= 15 is 0 Å². The summed E-state index contributed by atoms with van der Waals surface area (Å²) in [6.07, 6.45) is 5.19. The van der Waals surface area contributed by atoms with E-state index in [1.807, 2.05) is 19.1 Å². The van der Waals surface area contributed by atoms with Crippen LogP contribution in [0, 0.1) is 18.3 Å². The fraction of sp³-hybridized carbons (Fsp3) is 0.462. The van der Waals surface area contributed by atoms with Crippen molar-refractivity contribution < 1.29 is 19.0 Å². The standard InChI is InChI=1S/C26H34O4Si/c1-7-26(28-6)24(27)20(2)18-21(30-26)19-29-31(25(3,4)5,22-14-10-8-11-15-22)23-16-12-9-13-17-23/h1,8-17,20-21,24,27H,18-19H2,2-6H3/t20-,21-,24+,26-/m1/s1. The molecule has 0 aliphatic carbocycles. The van der Waals surface area contributed by atoms with E-state index in [2.05, 4.69) is 75.2 Å². The normalized spacial score (nSPS) is 26.9. The van der Waals surface area contributed by atoms with Gasteiger partial charge >= 0.3 is 0 Å². The van der Waals surface area contributed by atoms with Crippen molar-refractivity contribution in [3.63, 3.8) is 0 Å². The average Bonchev–Trinajstić information content (AvgIpc) is 2.77. The number of benzene rings is 2. The SMILES string of the molecule is C#C[C@@]1(OC)O[C@@H](CO[Si](c2ccccc2)(c2ccccc2)C(C)(C)C)C[C@@H](C)[C@@H]1O. The van der Waals surface area contributed by atoms with Gasteiger partial charge in [0.25, 0.3) is 14.1 Å². The average molecular weight is 439 g/mol. The third-order valence-electron chi connectivity index (χ3n) is 6.31. The third-order valence-corrected chi connectivity index (χ3v) is 11.3. The molecule has 31 heavy (non-hydrogen) atoms. The van der Waals surface area contributed by atoms with E-state index in [-0.39, 0.29) is 17.1 Å². The first-order valence-electron chi connectivity index (χ1n) is 10.8. The molecule has 1 aliphatic rings. The molecule has 0 bridgehead atoms. The van der Waals surface area contributed by atoms with Gasteiger partial charge in [0.2, 0.25) is 0 Å². The summed E-state index contributed by atoms with van der Waals surface area (Å²) in [6, 6.07) is 21.0. The molecule has 0 spiro atoms. The van der Waals surface area contributed by atoms with Crippen molar-refractivity contribution in [1.82, 2.24) is 0 Å². The Kier molecular flexibility index (Phi) is 7.10. The highest BCUT2D eigenvalue weighted by atomic mass is 28.4. The summed E-state index contributed by atoms with van der Waals surface area (Å²) in [5.41, 5.74) is 0. The van der Waals surface area contributed by atoms with Crippen LogP contribution in [-0.2, 0) is 13.9 Å². The van der Waals surface area contributed by atoms with Crippen LogP contribution in [0.2, 0.25) is 5.04 Å². The van der Waals surface area contributed by atoms with Crippen molar-refractivity contribution in [2.24, 2.45) is 5.92 Å². The zero-order chi connectivity index (χ0) is 22.7. The Bertz CT molecular complexity index is 848. The van der Waals surface area contributed by atoms with Gasteiger partial charge in [0.15, 0.2) is 0 Å². The summed E-state index contributed by atoms with van der Waals surface area (Å²) >= 11 is 0. The van der Waals surface area contributed by atoms with Crippen LogP contribution < -0.4 is 10.4 Å². The number of aliphatic hydroxyl groups excluding tert-OH is 1.